The van der Waals surface area contributed by atoms with Crippen molar-refractivity contribution in [3.63, 3.8) is 0 Å². The summed E-state index contributed by atoms with van der Waals surface area (Å²) in [5.41, 5.74) is 0.361. The van der Waals surface area contributed by atoms with E-state index in [-0.39, 0.29) is 11.9 Å². The number of nitrogens with one attached hydrogen (secondary N) is 2. The van der Waals surface area contributed by atoms with Crippen molar-refractivity contribution < 1.29 is 14.1 Å². The van der Waals surface area contributed by atoms with Gasteiger partial charge >= 0.3 is 6.03 Å². The average molecular weight is 377 g/mol. The Morgan fingerprint density at radius 1 is 1.27 bits per heavy atom. The van der Waals surface area contributed by atoms with Crippen LogP contribution in [0, 0.1) is 6.92 Å². The quantitative estimate of drug-likeness (QED) is 0.792. The van der Waals surface area contributed by atoms with Crippen LogP contribution in [0.25, 0.3) is 0 Å². The molecular formula is C17H23N5O3S. The summed E-state index contributed by atoms with van der Waals surface area (Å²) < 4.78 is 4.96. The summed E-state index contributed by atoms with van der Waals surface area (Å²) in [4.78, 5) is 29.2. The fourth-order valence-electron chi connectivity index (χ4n) is 2.77. The lowest BCUT2D eigenvalue weighted by Crippen LogP contribution is -2.50. The number of nitrogens with zero attached hydrogens (tertiary/aromatic N) is 3. The number of rotatable bonds is 6. The highest BCUT2D eigenvalue weighted by molar-refractivity contribution is 7.09. The molecule has 0 saturated carbocycles. The first-order valence-electron chi connectivity index (χ1n) is 8.61. The lowest BCUT2D eigenvalue weighted by atomic mass is 10.2. The summed E-state index contributed by atoms with van der Waals surface area (Å²) in [5.74, 6) is 0.544. The summed E-state index contributed by atoms with van der Waals surface area (Å²) in [6, 6.07) is 5.46. The second-order valence-electron chi connectivity index (χ2n) is 6.15. The van der Waals surface area contributed by atoms with E-state index in [0.29, 0.717) is 37.6 Å². The molecule has 9 heteroatoms. The molecule has 0 bridgehead atoms. The Kier molecular flexibility index (Phi) is 6.24. The fourth-order valence-corrected chi connectivity index (χ4v) is 3.42. The maximum atomic E-state index is 12.3. The first kappa shape index (κ1) is 18.4. The van der Waals surface area contributed by atoms with Gasteiger partial charge in [0.2, 0.25) is 0 Å². The van der Waals surface area contributed by atoms with E-state index in [9.17, 15) is 9.59 Å². The number of aromatic nitrogens is 1. The molecule has 3 rings (SSSR count). The minimum absolute atomic E-state index is 0.0902. The van der Waals surface area contributed by atoms with Gasteiger partial charge in [-0.1, -0.05) is 11.2 Å². The van der Waals surface area contributed by atoms with E-state index < -0.39 is 0 Å². The summed E-state index contributed by atoms with van der Waals surface area (Å²) in [6.07, 6.45) is 0. The topological polar surface area (TPSA) is 90.7 Å². The highest BCUT2D eigenvalue weighted by Crippen LogP contribution is 2.09. The van der Waals surface area contributed by atoms with Gasteiger partial charge in [-0.2, -0.15) is 0 Å². The summed E-state index contributed by atoms with van der Waals surface area (Å²) in [7, 11) is 0. The Labute approximate surface area is 156 Å². The third-order valence-corrected chi connectivity index (χ3v) is 5.10. The van der Waals surface area contributed by atoms with Crippen LogP contribution in [0.1, 0.15) is 21.1 Å². The Hall–Kier alpha value is -2.39. The molecule has 3 heterocycles. The molecule has 1 aliphatic rings. The molecule has 1 aliphatic heterocycles. The molecule has 26 heavy (non-hydrogen) atoms. The lowest BCUT2D eigenvalue weighted by Gasteiger charge is -2.34. The standard InChI is InChI=1S/C17H23N5O3S/c1-13-11-15(20-25-13)16(23)22-8-6-21(7-9-22)5-4-18-17(24)19-12-14-3-2-10-26-14/h2-3,10-11H,4-9,12H2,1H3,(H2,18,19,24). The number of aryl methyl sites for hydroxylation is 1. The first-order valence-corrected chi connectivity index (χ1v) is 9.49. The van der Waals surface area contributed by atoms with Gasteiger partial charge in [-0.25, -0.2) is 4.79 Å². The van der Waals surface area contributed by atoms with E-state index in [1.54, 1.807) is 29.2 Å². The number of thiophene rings is 1. The van der Waals surface area contributed by atoms with Crippen LogP contribution in [0.5, 0.6) is 0 Å². The van der Waals surface area contributed by atoms with Crippen LogP contribution in [0.2, 0.25) is 0 Å². The van der Waals surface area contributed by atoms with Gasteiger partial charge in [0.1, 0.15) is 5.76 Å². The highest BCUT2D eigenvalue weighted by atomic mass is 32.1. The van der Waals surface area contributed by atoms with Gasteiger partial charge in [0.25, 0.3) is 5.91 Å². The van der Waals surface area contributed by atoms with Crippen LogP contribution in [0.3, 0.4) is 0 Å². The molecule has 0 unspecified atom stereocenters. The van der Waals surface area contributed by atoms with Gasteiger partial charge in [0.15, 0.2) is 5.69 Å². The SMILES string of the molecule is Cc1cc(C(=O)N2CCN(CCNC(=O)NCc3cccs3)CC2)no1. The largest absolute Gasteiger partial charge is 0.361 e. The predicted octanol–water partition coefficient (Wildman–Crippen LogP) is 1.30. The van der Waals surface area contributed by atoms with Gasteiger partial charge in [-0.3, -0.25) is 9.69 Å². The maximum Gasteiger partial charge on any atom is 0.315 e. The first-order chi connectivity index (χ1) is 12.6. The minimum atomic E-state index is -0.159. The zero-order chi connectivity index (χ0) is 18.4. The van der Waals surface area contributed by atoms with Crippen LogP contribution in [0.15, 0.2) is 28.1 Å². The van der Waals surface area contributed by atoms with Crippen LogP contribution in [-0.4, -0.2) is 66.2 Å². The van der Waals surface area contributed by atoms with Crippen LogP contribution < -0.4 is 10.6 Å². The second kappa shape index (κ2) is 8.81. The lowest BCUT2D eigenvalue weighted by molar-refractivity contribution is 0.0629. The number of amides is 3. The van der Waals surface area contributed by atoms with E-state index in [1.807, 2.05) is 17.5 Å². The zero-order valence-corrected chi connectivity index (χ0v) is 15.6. The second-order valence-corrected chi connectivity index (χ2v) is 7.18. The average Bonchev–Trinajstić information content (AvgIpc) is 3.31. The van der Waals surface area contributed by atoms with Crippen molar-refractivity contribution in [3.05, 3.63) is 39.9 Å². The Balaban J connectivity index is 1.31. The van der Waals surface area contributed by atoms with Gasteiger partial charge in [0, 0.05) is 50.2 Å². The smallest absolute Gasteiger partial charge is 0.315 e. The number of piperazine rings is 1. The Morgan fingerprint density at radius 2 is 2.08 bits per heavy atom. The molecule has 2 aromatic heterocycles. The molecule has 0 atom stereocenters. The van der Waals surface area contributed by atoms with E-state index >= 15 is 0 Å². The van der Waals surface area contributed by atoms with Crippen molar-refractivity contribution >= 4 is 23.3 Å². The third-order valence-electron chi connectivity index (χ3n) is 4.22. The Bertz CT molecular complexity index is 723. The number of carbonyl (C=O) groups is 2. The normalized spacial score (nSPS) is 15.0. The molecule has 8 nitrogen and oxygen atoms in total. The Morgan fingerprint density at radius 3 is 2.73 bits per heavy atom. The van der Waals surface area contributed by atoms with E-state index in [4.69, 9.17) is 4.52 Å². The molecule has 2 N–H and O–H groups in total. The molecule has 1 saturated heterocycles. The number of urea groups is 1. The van der Waals surface area contributed by atoms with Gasteiger partial charge in [-0.05, 0) is 18.4 Å². The highest BCUT2D eigenvalue weighted by Gasteiger charge is 2.24. The molecule has 2 aromatic rings. The molecule has 1 fully saturated rings. The van der Waals surface area contributed by atoms with Crippen molar-refractivity contribution in [3.8, 4) is 0 Å². The molecule has 0 spiro atoms. The van der Waals surface area contributed by atoms with Crippen LogP contribution >= 0.6 is 11.3 Å². The minimum Gasteiger partial charge on any atom is -0.361 e. The van der Waals surface area contributed by atoms with E-state index in [0.717, 1.165) is 24.5 Å². The van der Waals surface area contributed by atoms with Crippen molar-refractivity contribution in [1.29, 1.82) is 0 Å². The summed E-state index contributed by atoms with van der Waals surface area (Å²) in [5, 5.41) is 11.5. The molecule has 140 valence electrons. The van der Waals surface area contributed by atoms with Gasteiger partial charge in [-0.15, -0.1) is 11.3 Å². The van der Waals surface area contributed by atoms with Crippen molar-refractivity contribution in [2.75, 3.05) is 39.3 Å². The molecular weight excluding hydrogens is 354 g/mol. The monoisotopic (exact) mass is 377 g/mol. The summed E-state index contributed by atoms with van der Waals surface area (Å²) >= 11 is 1.62. The van der Waals surface area contributed by atoms with Crippen molar-refractivity contribution in [2.24, 2.45) is 0 Å². The molecule has 0 aromatic carbocycles. The van der Waals surface area contributed by atoms with Crippen LogP contribution in [-0.2, 0) is 6.54 Å². The van der Waals surface area contributed by atoms with Gasteiger partial charge < -0.3 is 20.1 Å². The van der Waals surface area contributed by atoms with Gasteiger partial charge in [0.05, 0.1) is 6.54 Å². The number of hydrogen-bond donors (Lipinski definition) is 2. The van der Waals surface area contributed by atoms with E-state index in [2.05, 4.69) is 20.7 Å². The summed E-state index contributed by atoms with van der Waals surface area (Å²) in [6.45, 7) is 6.51. The van der Waals surface area contributed by atoms with Crippen LogP contribution in [0.4, 0.5) is 4.79 Å². The molecule has 0 radical (unpaired) electrons. The van der Waals surface area contributed by atoms with E-state index in [1.165, 1.54) is 0 Å². The predicted molar refractivity (Wildman–Crippen MR) is 98.1 cm³/mol. The number of carbonyl (C=O) groups excluding carboxylic acids is 2. The molecule has 3 amide bonds. The number of hydrogen-bond acceptors (Lipinski definition) is 6. The third kappa shape index (κ3) is 5.06. The zero-order valence-electron chi connectivity index (χ0n) is 14.7. The fraction of sp³-hybridized carbons (Fsp3) is 0.471. The molecule has 0 aliphatic carbocycles. The van der Waals surface area contributed by atoms with Crippen molar-refractivity contribution in [2.45, 2.75) is 13.5 Å². The van der Waals surface area contributed by atoms with Crippen molar-refractivity contribution in [1.82, 2.24) is 25.6 Å². The maximum absolute atomic E-state index is 12.3.